The van der Waals surface area contributed by atoms with E-state index in [1.54, 1.807) is 0 Å². The van der Waals surface area contributed by atoms with Crippen molar-refractivity contribution >= 4 is 78.0 Å². The molecule has 0 unspecified atom stereocenters. The van der Waals surface area contributed by atoms with Gasteiger partial charge in [-0.3, -0.25) is 0 Å². The molecule has 0 saturated carbocycles. The van der Waals surface area contributed by atoms with E-state index in [0.29, 0.717) is 0 Å². The molecule has 3 aliphatic rings. The zero-order valence-corrected chi connectivity index (χ0v) is 48.8. The number of anilines is 6. The molecule has 72 heavy (non-hydrogen) atoms. The third-order valence-corrected chi connectivity index (χ3v) is 18.3. The third kappa shape index (κ3) is 8.20. The largest absolute Gasteiger partial charge is 0.311 e. The van der Waals surface area contributed by atoms with Crippen molar-refractivity contribution in [3.8, 4) is 11.1 Å². The minimum atomic E-state index is -0.136. The van der Waals surface area contributed by atoms with Crippen LogP contribution in [0.3, 0.4) is 0 Å². The van der Waals surface area contributed by atoms with E-state index < -0.39 is 0 Å². The van der Waals surface area contributed by atoms with Gasteiger partial charge in [0.2, 0.25) is 0 Å². The van der Waals surface area contributed by atoms with Gasteiger partial charge in [-0.2, -0.15) is 0 Å². The second kappa shape index (κ2) is 16.2. The number of thiophene rings is 1. The van der Waals surface area contributed by atoms with Crippen LogP contribution < -0.4 is 25.5 Å². The Balaban J connectivity index is 1.39. The van der Waals surface area contributed by atoms with Gasteiger partial charge in [0.25, 0.3) is 6.71 Å². The summed E-state index contributed by atoms with van der Waals surface area (Å²) in [5.41, 5.74) is 25.4. The smallest absolute Gasteiger partial charge is 0.264 e. The number of aryl methyl sites for hydroxylation is 2. The molecule has 2 aliphatic heterocycles. The van der Waals surface area contributed by atoms with Crippen LogP contribution >= 0.6 is 11.3 Å². The van der Waals surface area contributed by atoms with Gasteiger partial charge in [0, 0.05) is 37.5 Å². The Hall–Kier alpha value is -5.06. The van der Waals surface area contributed by atoms with E-state index in [1.807, 2.05) is 0 Å². The van der Waals surface area contributed by atoms with E-state index in [4.69, 9.17) is 0 Å². The fourth-order valence-corrected chi connectivity index (χ4v) is 13.5. The van der Waals surface area contributed by atoms with Crippen LogP contribution in [0, 0.1) is 13.8 Å². The minimum Gasteiger partial charge on any atom is -0.311 e. The highest BCUT2D eigenvalue weighted by Crippen LogP contribution is 2.55. The predicted octanol–water partition coefficient (Wildman–Crippen LogP) is 18.1. The molecule has 2 nitrogen and oxygen atoms in total. The fourth-order valence-electron chi connectivity index (χ4n) is 12.2. The molecule has 0 fully saturated rings. The van der Waals surface area contributed by atoms with Crippen LogP contribution in [0.4, 0.5) is 34.1 Å². The van der Waals surface area contributed by atoms with E-state index in [9.17, 15) is 0 Å². The summed E-state index contributed by atoms with van der Waals surface area (Å²) in [5.74, 6) is 0. The van der Waals surface area contributed by atoms with Crippen LogP contribution in [0.15, 0.2) is 97.1 Å². The molecule has 0 atom stereocenters. The maximum atomic E-state index is 2.75. The van der Waals surface area contributed by atoms with Gasteiger partial charge in [-0.05, 0) is 174 Å². The highest BCUT2D eigenvalue weighted by molar-refractivity contribution is 7.33. The Bertz CT molecular complexity index is 3300. The highest BCUT2D eigenvalue weighted by atomic mass is 32.1. The monoisotopic (exact) mass is 971 g/mol. The Morgan fingerprint density at radius 3 is 1.46 bits per heavy atom. The van der Waals surface area contributed by atoms with Crippen LogP contribution in [0.2, 0.25) is 0 Å². The summed E-state index contributed by atoms with van der Waals surface area (Å²) < 4.78 is 2.85. The summed E-state index contributed by atoms with van der Waals surface area (Å²) in [6, 6.07) is 39.8. The molecule has 3 heterocycles. The molecular formula is C68H83BN2S. The van der Waals surface area contributed by atoms with Gasteiger partial charge >= 0.3 is 0 Å². The molecule has 0 bridgehead atoms. The average molecular weight is 971 g/mol. The molecule has 4 heteroatoms. The SMILES string of the molecule is Cc1cccc(C)c1N1c2cc(C(C)(C)C)cc3c2B(c2cc(C(C)(C)C)ccc2N3c2ccc(C(C)(C)C)cc2-c2cc(C(C)(C)C)cc(C(C)(C)C)c2)c2sc3cc4c(cc3c21)C(C)(C)CCC4(C)C. The molecule has 10 rings (SSSR count). The molecule has 0 amide bonds. The molecule has 0 N–H and O–H groups in total. The van der Waals surface area contributed by atoms with Crippen LogP contribution in [0.1, 0.15) is 194 Å². The van der Waals surface area contributed by atoms with Crippen molar-refractivity contribution in [2.75, 3.05) is 9.80 Å². The van der Waals surface area contributed by atoms with Crippen LogP contribution in [-0.4, -0.2) is 6.71 Å². The number of benzene rings is 6. The van der Waals surface area contributed by atoms with Crippen molar-refractivity contribution in [3.63, 3.8) is 0 Å². The van der Waals surface area contributed by atoms with Gasteiger partial charge < -0.3 is 9.80 Å². The van der Waals surface area contributed by atoms with Crippen molar-refractivity contribution in [3.05, 3.63) is 147 Å². The topological polar surface area (TPSA) is 6.48 Å². The Labute approximate surface area is 439 Å². The number of rotatable bonds is 3. The highest BCUT2D eigenvalue weighted by Gasteiger charge is 2.48. The lowest BCUT2D eigenvalue weighted by Crippen LogP contribution is -2.60. The van der Waals surface area contributed by atoms with Crippen LogP contribution in [-0.2, 0) is 37.9 Å². The van der Waals surface area contributed by atoms with E-state index >= 15 is 0 Å². The number of hydrogen-bond donors (Lipinski definition) is 0. The van der Waals surface area contributed by atoms with Crippen molar-refractivity contribution in [1.82, 2.24) is 0 Å². The first-order chi connectivity index (χ1) is 33.2. The number of para-hydroxylation sites is 1. The quantitative estimate of drug-likeness (QED) is 0.163. The van der Waals surface area contributed by atoms with Gasteiger partial charge in [-0.1, -0.05) is 186 Å². The first-order valence-electron chi connectivity index (χ1n) is 27.1. The molecule has 0 saturated heterocycles. The van der Waals surface area contributed by atoms with Crippen molar-refractivity contribution in [2.45, 2.75) is 196 Å². The normalized spacial score (nSPS) is 16.4. The Kier molecular flexibility index (Phi) is 11.4. The van der Waals surface area contributed by atoms with Gasteiger partial charge in [0.15, 0.2) is 0 Å². The summed E-state index contributed by atoms with van der Waals surface area (Å²) in [6.45, 7) is 50.2. The summed E-state index contributed by atoms with van der Waals surface area (Å²) >= 11 is 2.06. The van der Waals surface area contributed by atoms with Crippen LogP contribution in [0.25, 0.3) is 21.2 Å². The lowest BCUT2D eigenvalue weighted by molar-refractivity contribution is 0.332. The number of hydrogen-bond acceptors (Lipinski definition) is 3. The Morgan fingerprint density at radius 2 is 0.931 bits per heavy atom. The predicted molar refractivity (Wildman–Crippen MR) is 320 cm³/mol. The summed E-state index contributed by atoms with van der Waals surface area (Å²) in [6.07, 6.45) is 2.38. The fraction of sp³-hybridized carbons (Fsp3) is 0.441. The zero-order valence-electron chi connectivity index (χ0n) is 48.0. The standard InChI is InChI=1S/C68H83BN2S/c1-40-23-22-24-41(2)59(40)71-56-37-47(66(15,16)17)36-55-58(56)69(61-60(71)49-38-50-51(39-57(49)72-61)68(20,21)30-29-67(50,18)19)52-35-44(63(6,7)8)26-28-54(52)70(55)53-27-25-43(62(3,4)5)34-48(53)42-31-45(64(9,10)11)33-46(32-42)65(12,13)14/h22-28,31-39H,29-30H2,1-21H3. The second-order valence-electron chi connectivity index (χ2n) is 28.8. The molecular weight excluding hydrogens is 888 g/mol. The third-order valence-electron chi connectivity index (χ3n) is 17.1. The summed E-state index contributed by atoms with van der Waals surface area (Å²) in [7, 11) is 0. The van der Waals surface area contributed by atoms with E-state index in [1.165, 1.54) is 134 Å². The summed E-state index contributed by atoms with van der Waals surface area (Å²) in [5, 5.41) is 1.39. The van der Waals surface area contributed by atoms with Gasteiger partial charge in [-0.25, -0.2) is 0 Å². The van der Waals surface area contributed by atoms with Gasteiger partial charge in [0.05, 0.1) is 17.1 Å². The van der Waals surface area contributed by atoms with Crippen molar-refractivity contribution in [1.29, 1.82) is 0 Å². The van der Waals surface area contributed by atoms with Crippen molar-refractivity contribution in [2.24, 2.45) is 0 Å². The summed E-state index contributed by atoms with van der Waals surface area (Å²) in [4.78, 5) is 5.46. The Morgan fingerprint density at radius 1 is 0.458 bits per heavy atom. The van der Waals surface area contributed by atoms with Crippen LogP contribution in [0.5, 0.6) is 0 Å². The first kappa shape index (κ1) is 50.5. The molecule has 0 spiro atoms. The second-order valence-corrected chi connectivity index (χ2v) is 29.9. The molecule has 0 radical (unpaired) electrons. The van der Waals surface area contributed by atoms with E-state index in [0.717, 1.165) is 0 Å². The van der Waals surface area contributed by atoms with Gasteiger partial charge in [-0.15, -0.1) is 11.3 Å². The lowest BCUT2D eigenvalue weighted by Gasteiger charge is -2.45. The molecule has 374 valence electrons. The molecule has 1 aromatic heterocycles. The molecule has 7 aromatic rings. The first-order valence-corrected chi connectivity index (χ1v) is 27.9. The van der Waals surface area contributed by atoms with Crippen molar-refractivity contribution < 1.29 is 0 Å². The number of fused-ring (bicyclic) bond motifs is 7. The maximum Gasteiger partial charge on any atom is 0.264 e. The van der Waals surface area contributed by atoms with E-state index in [-0.39, 0.29) is 44.6 Å². The average Bonchev–Trinajstić information content (AvgIpc) is 3.64. The minimum absolute atomic E-state index is 0.0256. The maximum absolute atomic E-state index is 2.75. The lowest BCUT2D eigenvalue weighted by atomic mass is 9.36. The number of nitrogens with zero attached hydrogens (tertiary/aromatic N) is 2. The molecule has 6 aromatic carbocycles. The zero-order chi connectivity index (χ0) is 52.4. The van der Waals surface area contributed by atoms with Gasteiger partial charge in [0.1, 0.15) is 0 Å². The van der Waals surface area contributed by atoms with E-state index in [2.05, 4.69) is 264 Å². The molecule has 1 aliphatic carbocycles.